The summed E-state index contributed by atoms with van der Waals surface area (Å²) < 4.78 is 1.72. The maximum absolute atomic E-state index is 12.3. The SMILES string of the molecule is Cn1cc(CCNC(=O)C2=NN(c3ccccc3)[C@H](C(N)=O)C2)cn1. The standard InChI is InChI=1S/C17H20N6O2/c1-22-11-12(10-20-22)7-8-19-17(25)14-9-15(16(18)24)23(21-14)13-5-3-2-4-6-13/h2-6,10-11,15H,7-9H2,1H3,(H2,18,24)(H,19,25)/t15-/m0/s1. The molecule has 0 spiro atoms. The fourth-order valence-electron chi connectivity index (χ4n) is 2.71. The highest BCUT2D eigenvalue weighted by Gasteiger charge is 2.34. The Balaban J connectivity index is 1.64. The lowest BCUT2D eigenvalue weighted by Gasteiger charge is -2.20. The quantitative estimate of drug-likeness (QED) is 0.783. The number of amides is 2. The van der Waals surface area contributed by atoms with Gasteiger partial charge in [-0.05, 0) is 24.1 Å². The first-order chi connectivity index (χ1) is 12.0. The van der Waals surface area contributed by atoms with Crippen molar-refractivity contribution in [1.29, 1.82) is 0 Å². The zero-order valence-corrected chi connectivity index (χ0v) is 13.9. The van der Waals surface area contributed by atoms with E-state index in [0.717, 1.165) is 11.3 Å². The third kappa shape index (κ3) is 3.85. The molecule has 0 aliphatic carbocycles. The van der Waals surface area contributed by atoms with Crippen LogP contribution in [-0.2, 0) is 23.1 Å². The number of hydrazone groups is 1. The van der Waals surface area contributed by atoms with Crippen molar-refractivity contribution in [2.75, 3.05) is 11.6 Å². The molecular weight excluding hydrogens is 320 g/mol. The van der Waals surface area contributed by atoms with E-state index in [2.05, 4.69) is 15.5 Å². The summed E-state index contributed by atoms with van der Waals surface area (Å²) in [6, 6.07) is 8.55. The summed E-state index contributed by atoms with van der Waals surface area (Å²) in [6.45, 7) is 0.468. The van der Waals surface area contributed by atoms with E-state index in [1.54, 1.807) is 10.9 Å². The molecular formula is C17H20N6O2. The summed E-state index contributed by atoms with van der Waals surface area (Å²) in [7, 11) is 1.84. The fourth-order valence-corrected chi connectivity index (χ4v) is 2.71. The number of hydrogen-bond donors (Lipinski definition) is 2. The molecule has 8 nitrogen and oxygen atoms in total. The minimum atomic E-state index is -0.651. The van der Waals surface area contributed by atoms with Crippen LogP contribution in [0.4, 0.5) is 5.69 Å². The maximum Gasteiger partial charge on any atom is 0.267 e. The molecule has 1 atom stereocenters. The Morgan fingerprint density at radius 1 is 1.32 bits per heavy atom. The molecule has 0 saturated carbocycles. The van der Waals surface area contributed by atoms with Gasteiger partial charge in [-0.1, -0.05) is 18.2 Å². The summed E-state index contributed by atoms with van der Waals surface area (Å²) in [5.41, 5.74) is 7.54. The van der Waals surface area contributed by atoms with Crippen molar-refractivity contribution in [2.45, 2.75) is 18.9 Å². The van der Waals surface area contributed by atoms with Crippen LogP contribution in [0.15, 0.2) is 47.8 Å². The van der Waals surface area contributed by atoms with E-state index in [-0.39, 0.29) is 12.3 Å². The predicted molar refractivity (Wildman–Crippen MR) is 93.9 cm³/mol. The number of nitrogens with zero attached hydrogens (tertiary/aromatic N) is 4. The lowest BCUT2D eigenvalue weighted by molar-refractivity contribution is -0.119. The first-order valence-corrected chi connectivity index (χ1v) is 8.01. The summed E-state index contributed by atoms with van der Waals surface area (Å²) in [5.74, 6) is -0.792. The van der Waals surface area contributed by atoms with Crippen LogP contribution >= 0.6 is 0 Å². The molecule has 0 fully saturated rings. The van der Waals surface area contributed by atoms with Crippen molar-refractivity contribution in [2.24, 2.45) is 17.9 Å². The molecule has 1 aromatic carbocycles. The van der Waals surface area contributed by atoms with Gasteiger partial charge in [0.15, 0.2) is 0 Å². The lowest BCUT2D eigenvalue weighted by Crippen LogP contribution is -2.40. The second kappa shape index (κ2) is 7.16. The van der Waals surface area contributed by atoms with E-state index in [1.807, 2.05) is 43.6 Å². The number of nitrogens with one attached hydrogen (secondary N) is 1. The minimum absolute atomic E-state index is 0.197. The Morgan fingerprint density at radius 2 is 2.08 bits per heavy atom. The van der Waals surface area contributed by atoms with Crippen molar-refractivity contribution in [3.63, 3.8) is 0 Å². The summed E-state index contributed by atoms with van der Waals surface area (Å²) in [4.78, 5) is 24.1. The number of para-hydroxylation sites is 1. The zero-order valence-electron chi connectivity index (χ0n) is 13.9. The average molecular weight is 340 g/mol. The third-order valence-electron chi connectivity index (χ3n) is 3.98. The Labute approximate surface area is 145 Å². The molecule has 0 radical (unpaired) electrons. The molecule has 1 aromatic heterocycles. The Bertz CT molecular complexity index is 798. The second-order valence-electron chi connectivity index (χ2n) is 5.88. The van der Waals surface area contributed by atoms with Gasteiger partial charge >= 0.3 is 0 Å². The molecule has 1 aliphatic rings. The normalized spacial score (nSPS) is 16.6. The van der Waals surface area contributed by atoms with Crippen molar-refractivity contribution in [1.82, 2.24) is 15.1 Å². The molecule has 8 heteroatoms. The Hall–Kier alpha value is -3.16. The van der Waals surface area contributed by atoms with Crippen LogP contribution in [0.5, 0.6) is 0 Å². The molecule has 2 heterocycles. The highest BCUT2D eigenvalue weighted by Crippen LogP contribution is 2.24. The van der Waals surface area contributed by atoms with Crippen LogP contribution in [0.2, 0.25) is 0 Å². The van der Waals surface area contributed by atoms with Crippen LogP contribution in [0.3, 0.4) is 0 Å². The van der Waals surface area contributed by atoms with Crippen LogP contribution < -0.4 is 16.1 Å². The molecule has 130 valence electrons. The van der Waals surface area contributed by atoms with Gasteiger partial charge in [-0.15, -0.1) is 0 Å². The lowest BCUT2D eigenvalue weighted by atomic mass is 10.1. The van der Waals surface area contributed by atoms with Crippen molar-refractivity contribution in [3.05, 3.63) is 48.3 Å². The largest absolute Gasteiger partial charge is 0.368 e. The molecule has 25 heavy (non-hydrogen) atoms. The van der Waals surface area contributed by atoms with E-state index >= 15 is 0 Å². The number of hydrogen-bond acceptors (Lipinski definition) is 5. The monoisotopic (exact) mass is 340 g/mol. The first kappa shape index (κ1) is 16.7. The Kier molecular flexibility index (Phi) is 4.78. The van der Waals surface area contributed by atoms with E-state index in [0.29, 0.717) is 18.7 Å². The van der Waals surface area contributed by atoms with Crippen molar-refractivity contribution in [3.8, 4) is 0 Å². The Morgan fingerprint density at radius 3 is 2.72 bits per heavy atom. The molecule has 0 unspecified atom stereocenters. The van der Waals surface area contributed by atoms with Crippen LogP contribution in [-0.4, -0.2) is 39.9 Å². The van der Waals surface area contributed by atoms with Gasteiger partial charge in [0.05, 0.1) is 11.9 Å². The highest BCUT2D eigenvalue weighted by molar-refractivity contribution is 6.40. The average Bonchev–Trinajstić information content (AvgIpc) is 3.22. The van der Waals surface area contributed by atoms with Crippen molar-refractivity contribution < 1.29 is 9.59 Å². The van der Waals surface area contributed by atoms with Gasteiger partial charge < -0.3 is 11.1 Å². The number of aryl methyl sites for hydroxylation is 1. The summed E-state index contributed by atoms with van der Waals surface area (Å²) >= 11 is 0. The highest BCUT2D eigenvalue weighted by atomic mass is 16.2. The van der Waals surface area contributed by atoms with E-state index in [4.69, 9.17) is 5.73 Å². The number of benzene rings is 1. The van der Waals surface area contributed by atoms with Gasteiger partial charge in [0.2, 0.25) is 5.91 Å². The molecule has 2 amide bonds. The van der Waals surface area contributed by atoms with Crippen LogP contribution in [0, 0.1) is 0 Å². The summed E-state index contributed by atoms with van der Waals surface area (Å²) in [6.07, 6.45) is 4.54. The number of anilines is 1. The minimum Gasteiger partial charge on any atom is -0.368 e. The molecule has 3 rings (SSSR count). The molecule has 0 bridgehead atoms. The number of aromatic nitrogens is 2. The summed E-state index contributed by atoms with van der Waals surface area (Å²) in [5, 5.41) is 12.7. The van der Waals surface area contributed by atoms with E-state index < -0.39 is 11.9 Å². The number of carbonyl (C=O) groups excluding carboxylic acids is 2. The number of nitrogens with two attached hydrogens (primary N) is 1. The molecule has 0 saturated heterocycles. The van der Waals surface area contributed by atoms with Crippen LogP contribution in [0.1, 0.15) is 12.0 Å². The maximum atomic E-state index is 12.3. The van der Waals surface area contributed by atoms with Crippen molar-refractivity contribution >= 4 is 23.2 Å². The molecule has 2 aromatic rings. The van der Waals surface area contributed by atoms with Gasteiger partial charge in [0, 0.05) is 26.2 Å². The number of primary amides is 1. The van der Waals surface area contributed by atoms with Gasteiger partial charge in [0.1, 0.15) is 11.8 Å². The molecule has 1 aliphatic heterocycles. The fraction of sp³-hybridized carbons (Fsp3) is 0.294. The first-order valence-electron chi connectivity index (χ1n) is 8.01. The number of rotatable bonds is 6. The third-order valence-corrected chi connectivity index (χ3v) is 3.98. The van der Waals surface area contributed by atoms with Gasteiger partial charge in [0.25, 0.3) is 5.91 Å². The van der Waals surface area contributed by atoms with Gasteiger partial charge in [-0.2, -0.15) is 10.2 Å². The van der Waals surface area contributed by atoms with Gasteiger partial charge in [-0.3, -0.25) is 19.3 Å². The van der Waals surface area contributed by atoms with Gasteiger partial charge in [-0.25, -0.2) is 0 Å². The second-order valence-corrected chi connectivity index (χ2v) is 5.88. The smallest absolute Gasteiger partial charge is 0.267 e. The predicted octanol–water partition coefficient (Wildman–Crippen LogP) is 0.199. The zero-order chi connectivity index (χ0) is 17.8. The molecule has 3 N–H and O–H groups in total. The van der Waals surface area contributed by atoms with E-state index in [1.165, 1.54) is 5.01 Å². The number of carbonyl (C=O) groups is 2. The van der Waals surface area contributed by atoms with Crippen LogP contribution in [0.25, 0.3) is 0 Å². The topological polar surface area (TPSA) is 106 Å². The van der Waals surface area contributed by atoms with E-state index in [9.17, 15) is 9.59 Å².